The zero-order valence-electron chi connectivity index (χ0n) is 12.3. The standard InChI is InChI=1S/C17H20N2O/c1-13-6-4-7-14(10-13)11-19-9-5-8-15(19)16-18-17(2,3)12-20-16/h4-10H,11-12H2,1-3H3. The fourth-order valence-electron chi connectivity index (χ4n) is 2.47. The molecule has 0 saturated heterocycles. The van der Waals surface area contributed by atoms with Crippen LogP contribution in [0.25, 0.3) is 0 Å². The van der Waals surface area contributed by atoms with E-state index >= 15 is 0 Å². The molecule has 0 fully saturated rings. The van der Waals surface area contributed by atoms with Crippen molar-refractivity contribution >= 4 is 5.90 Å². The van der Waals surface area contributed by atoms with Gasteiger partial charge in [-0.15, -0.1) is 0 Å². The van der Waals surface area contributed by atoms with Crippen molar-refractivity contribution in [3.8, 4) is 0 Å². The van der Waals surface area contributed by atoms with Crippen LogP contribution in [0.2, 0.25) is 0 Å². The quantitative estimate of drug-likeness (QED) is 0.838. The van der Waals surface area contributed by atoms with Crippen LogP contribution in [-0.2, 0) is 11.3 Å². The van der Waals surface area contributed by atoms with Crippen molar-refractivity contribution in [2.75, 3.05) is 6.61 Å². The fourth-order valence-corrected chi connectivity index (χ4v) is 2.47. The van der Waals surface area contributed by atoms with Gasteiger partial charge in [0.25, 0.3) is 0 Å². The number of hydrogen-bond donors (Lipinski definition) is 0. The Kier molecular flexibility index (Phi) is 3.13. The Morgan fingerprint density at radius 2 is 2.10 bits per heavy atom. The van der Waals surface area contributed by atoms with Crippen LogP contribution in [0.4, 0.5) is 0 Å². The molecule has 0 amide bonds. The van der Waals surface area contributed by atoms with Gasteiger partial charge < -0.3 is 9.30 Å². The summed E-state index contributed by atoms with van der Waals surface area (Å²) in [4.78, 5) is 4.66. The van der Waals surface area contributed by atoms with E-state index in [0.29, 0.717) is 6.61 Å². The molecule has 3 heteroatoms. The summed E-state index contributed by atoms with van der Waals surface area (Å²) in [5, 5.41) is 0. The number of hydrogen-bond acceptors (Lipinski definition) is 2. The van der Waals surface area contributed by atoms with Crippen LogP contribution in [0.15, 0.2) is 47.6 Å². The van der Waals surface area contributed by atoms with E-state index in [2.05, 4.69) is 66.9 Å². The highest BCUT2D eigenvalue weighted by Gasteiger charge is 2.28. The molecule has 0 aliphatic carbocycles. The molecule has 0 radical (unpaired) electrons. The molecule has 2 aromatic rings. The van der Waals surface area contributed by atoms with Crippen molar-refractivity contribution < 1.29 is 4.74 Å². The minimum atomic E-state index is -0.117. The molecule has 3 nitrogen and oxygen atoms in total. The number of nitrogens with zero attached hydrogens (tertiary/aromatic N) is 2. The largest absolute Gasteiger partial charge is 0.474 e. The molecule has 2 heterocycles. The van der Waals surface area contributed by atoms with Crippen LogP contribution in [-0.4, -0.2) is 22.6 Å². The second-order valence-corrected chi connectivity index (χ2v) is 6.03. The normalized spacial score (nSPS) is 16.9. The van der Waals surface area contributed by atoms with Gasteiger partial charge in [0.15, 0.2) is 0 Å². The Balaban J connectivity index is 1.88. The first kappa shape index (κ1) is 13.0. The summed E-state index contributed by atoms with van der Waals surface area (Å²) in [5.41, 5.74) is 3.51. The molecule has 1 aromatic heterocycles. The molecule has 0 spiro atoms. The summed E-state index contributed by atoms with van der Waals surface area (Å²) < 4.78 is 7.93. The third kappa shape index (κ3) is 2.62. The molecule has 0 bridgehead atoms. The highest BCUT2D eigenvalue weighted by atomic mass is 16.5. The van der Waals surface area contributed by atoms with Crippen molar-refractivity contribution in [3.63, 3.8) is 0 Å². The van der Waals surface area contributed by atoms with Crippen molar-refractivity contribution in [2.24, 2.45) is 4.99 Å². The Morgan fingerprint density at radius 3 is 2.80 bits per heavy atom. The summed E-state index contributed by atoms with van der Waals surface area (Å²) >= 11 is 0. The van der Waals surface area contributed by atoms with Crippen LogP contribution in [0.1, 0.15) is 30.7 Å². The van der Waals surface area contributed by atoms with E-state index in [-0.39, 0.29) is 5.54 Å². The van der Waals surface area contributed by atoms with E-state index in [9.17, 15) is 0 Å². The molecule has 1 aliphatic heterocycles. The maximum atomic E-state index is 5.74. The maximum Gasteiger partial charge on any atom is 0.234 e. The average molecular weight is 268 g/mol. The van der Waals surface area contributed by atoms with E-state index in [0.717, 1.165) is 18.1 Å². The maximum absolute atomic E-state index is 5.74. The molecule has 20 heavy (non-hydrogen) atoms. The van der Waals surface area contributed by atoms with Gasteiger partial charge in [0.05, 0.1) is 5.54 Å². The summed E-state index contributed by atoms with van der Waals surface area (Å²) in [6.45, 7) is 7.79. The molecule has 1 aromatic carbocycles. The van der Waals surface area contributed by atoms with Gasteiger partial charge in [0.2, 0.25) is 5.90 Å². The molecule has 0 saturated carbocycles. The lowest BCUT2D eigenvalue weighted by Gasteiger charge is -2.09. The first-order chi connectivity index (χ1) is 9.53. The van der Waals surface area contributed by atoms with E-state index in [1.165, 1.54) is 11.1 Å². The molecule has 1 aliphatic rings. The second kappa shape index (κ2) is 4.82. The van der Waals surface area contributed by atoms with Crippen LogP contribution in [0.3, 0.4) is 0 Å². The van der Waals surface area contributed by atoms with E-state index in [1.54, 1.807) is 0 Å². The topological polar surface area (TPSA) is 26.5 Å². The van der Waals surface area contributed by atoms with Crippen molar-refractivity contribution in [1.29, 1.82) is 0 Å². The summed E-state index contributed by atoms with van der Waals surface area (Å²) in [7, 11) is 0. The Bertz CT molecular complexity index is 653. The molecule has 0 N–H and O–H groups in total. The van der Waals surface area contributed by atoms with Crippen LogP contribution in [0, 0.1) is 6.92 Å². The van der Waals surface area contributed by atoms with Gasteiger partial charge in [0.1, 0.15) is 12.3 Å². The first-order valence-corrected chi connectivity index (χ1v) is 6.97. The van der Waals surface area contributed by atoms with Crippen LogP contribution in [0.5, 0.6) is 0 Å². The van der Waals surface area contributed by atoms with E-state index in [1.807, 2.05) is 6.07 Å². The number of aromatic nitrogens is 1. The van der Waals surface area contributed by atoms with Gasteiger partial charge >= 0.3 is 0 Å². The summed E-state index contributed by atoms with van der Waals surface area (Å²) in [6, 6.07) is 12.7. The lowest BCUT2D eigenvalue weighted by Crippen LogP contribution is -2.17. The van der Waals surface area contributed by atoms with Crippen LogP contribution < -0.4 is 0 Å². The number of aliphatic imine (C=N–C) groups is 1. The minimum absolute atomic E-state index is 0.117. The Morgan fingerprint density at radius 1 is 1.25 bits per heavy atom. The van der Waals surface area contributed by atoms with Gasteiger partial charge in [-0.05, 0) is 38.5 Å². The predicted octanol–water partition coefficient (Wildman–Crippen LogP) is 3.40. The second-order valence-electron chi connectivity index (χ2n) is 6.03. The lowest BCUT2D eigenvalue weighted by molar-refractivity contribution is 0.278. The SMILES string of the molecule is Cc1cccc(Cn2cccc2C2=NC(C)(C)CO2)c1. The zero-order valence-corrected chi connectivity index (χ0v) is 12.3. The van der Waals surface area contributed by atoms with Crippen LogP contribution >= 0.6 is 0 Å². The summed E-state index contributed by atoms with van der Waals surface area (Å²) in [5.74, 6) is 0.757. The third-order valence-corrected chi connectivity index (χ3v) is 3.45. The zero-order chi connectivity index (χ0) is 14.2. The average Bonchev–Trinajstić information content (AvgIpc) is 2.95. The molecule has 104 valence electrons. The van der Waals surface area contributed by atoms with E-state index in [4.69, 9.17) is 4.74 Å². The monoisotopic (exact) mass is 268 g/mol. The van der Waals surface area contributed by atoms with Crippen molar-refractivity contribution in [3.05, 3.63) is 59.4 Å². The molecule has 0 unspecified atom stereocenters. The Labute approximate surface area is 119 Å². The van der Waals surface area contributed by atoms with Gasteiger partial charge in [0, 0.05) is 12.7 Å². The number of benzene rings is 1. The smallest absolute Gasteiger partial charge is 0.234 e. The van der Waals surface area contributed by atoms with Gasteiger partial charge in [-0.25, -0.2) is 4.99 Å². The van der Waals surface area contributed by atoms with Gasteiger partial charge in [-0.3, -0.25) is 0 Å². The van der Waals surface area contributed by atoms with Gasteiger partial charge in [-0.1, -0.05) is 29.8 Å². The lowest BCUT2D eigenvalue weighted by atomic mass is 10.1. The number of rotatable bonds is 3. The fraction of sp³-hybridized carbons (Fsp3) is 0.353. The molecule has 3 rings (SSSR count). The first-order valence-electron chi connectivity index (χ1n) is 6.97. The molecular weight excluding hydrogens is 248 g/mol. The van der Waals surface area contributed by atoms with E-state index < -0.39 is 0 Å². The highest BCUT2D eigenvalue weighted by molar-refractivity contribution is 5.94. The van der Waals surface area contributed by atoms with Gasteiger partial charge in [-0.2, -0.15) is 0 Å². The molecule has 0 atom stereocenters. The minimum Gasteiger partial charge on any atom is -0.474 e. The summed E-state index contributed by atoms with van der Waals surface area (Å²) in [6.07, 6.45) is 2.08. The number of ether oxygens (including phenoxy) is 1. The Hall–Kier alpha value is -2.03. The highest BCUT2D eigenvalue weighted by Crippen LogP contribution is 2.21. The predicted molar refractivity (Wildman–Crippen MR) is 81.3 cm³/mol. The third-order valence-electron chi connectivity index (χ3n) is 3.45. The molecular formula is C17H20N2O. The number of aryl methyl sites for hydroxylation is 1. The van der Waals surface area contributed by atoms with Crippen molar-refractivity contribution in [1.82, 2.24) is 4.57 Å². The van der Waals surface area contributed by atoms with Crippen molar-refractivity contribution in [2.45, 2.75) is 32.9 Å².